The number of ether oxygens (including phenoxy) is 4. The number of rotatable bonds is 10. The molecule has 1 fully saturated rings. The van der Waals surface area contributed by atoms with E-state index in [2.05, 4.69) is 10.2 Å². The standard InChI is InChI=1S/C26H32N2O6/c1-4-32-23-17-22(28-12-14-31-15-13-28)24(33-5-2)16-21(23)27-25(29)18-34-26(30)11-10-20-8-6-19(3)7-9-20/h6-11,16-17H,4-5,12-15,18H2,1-3H3,(H,27,29)/b11-10+. The van der Waals surface area contributed by atoms with Crippen LogP contribution < -0.4 is 19.7 Å². The topological polar surface area (TPSA) is 86.3 Å². The van der Waals surface area contributed by atoms with Gasteiger partial charge in [0.2, 0.25) is 0 Å². The highest BCUT2D eigenvalue weighted by atomic mass is 16.5. The number of nitrogens with zero attached hydrogens (tertiary/aromatic N) is 1. The van der Waals surface area contributed by atoms with Crippen LogP contribution in [0.5, 0.6) is 11.5 Å². The number of hydrogen-bond acceptors (Lipinski definition) is 7. The normalized spacial score (nSPS) is 13.6. The molecular weight excluding hydrogens is 436 g/mol. The number of morpholine rings is 1. The van der Waals surface area contributed by atoms with Crippen molar-refractivity contribution in [2.45, 2.75) is 20.8 Å². The monoisotopic (exact) mass is 468 g/mol. The molecule has 1 aliphatic heterocycles. The number of esters is 1. The summed E-state index contributed by atoms with van der Waals surface area (Å²) in [7, 11) is 0. The van der Waals surface area contributed by atoms with Gasteiger partial charge >= 0.3 is 5.97 Å². The van der Waals surface area contributed by atoms with E-state index in [9.17, 15) is 9.59 Å². The molecular formula is C26H32N2O6. The molecule has 8 nitrogen and oxygen atoms in total. The molecule has 1 heterocycles. The van der Waals surface area contributed by atoms with Gasteiger partial charge < -0.3 is 29.2 Å². The third-order valence-electron chi connectivity index (χ3n) is 5.12. The Hall–Kier alpha value is -3.52. The van der Waals surface area contributed by atoms with Crippen LogP contribution in [0.15, 0.2) is 42.5 Å². The quantitative estimate of drug-likeness (QED) is 0.419. The second kappa shape index (κ2) is 12.6. The largest absolute Gasteiger partial charge is 0.492 e. The Kier molecular flexibility index (Phi) is 9.34. The van der Waals surface area contributed by atoms with E-state index >= 15 is 0 Å². The fraction of sp³-hybridized carbons (Fsp3) is 0.385. The number of benzene rings is 2. The zero-order valence-electron chi connectivity index (χ0n) is 20.0. The molecule has 34 heavy (non-hydrogen) atoms. The van der Waals surface area contributed by atoms with Crippen LogP contribution in [0.1, 0.15) is 25.0 Å². The van der Waals surface area contributed by atoms with Crippen LogP contribution >= 0.6 is 0 Å². The van der Waals surface area contributed by atoms with Gasteiger partial charge in [0.1, 0.15) is 11.5 Å². The summed E-state index contributed by atoms with van der Waals surface area (Å²) in [5.74, 6) is 0.0885. The Morgan fingerprint density at radius 3 is 2.38 bits per heavy atom. The van der Waals surface area contributed by atoms with Crippen LogP contribution in [0.2, 0.25) is 0 Å². The molecule has 1 amide bonds. The lowest BCUT2D eigenvalue weighted by atomic mass is 10.1. The second-order valence-corrected chi connectivity index (χ2v) is 7.68. The molecule has 1 N–H and O–H groups in total. The molecule has 1 saturated heterocycles. The van der Waals surface area contributed by atoms with Gasteiger partial charge in [-0.15, -0.1) is 0 Å². The lowest BCUT2D eigenvalue weighted by molar-refractivity contribution is -0.142. The number of amides is 1. The third-order valence-corrected chi connectivity index (χ3v) is 5.12. The zero-order valence-corrected chi connectivity index (χ0v) is 20.0. The van der Waals surface area contributed by atoms with E-state index in [0.717, 1.165) is 29.9 Å². The van der Waals surface area contributed by atoms with Gasteiger partial charge in [0.15, 0.2) is 6.61 Å². The van der Waals surface area contributed by atoms with Crippen molar-refractivity contribution in [2.75, 3.05) is 56.3 Å². The predicted molar refractivity (Wildman–Crippen MR) is 132 cm³/mol. The number of carbonyl (C=O) groups is 2. The van der Waals surface area contributed by atoms with E-state index in [1.807, 2.05) is 51.1 Å². The molecule has 3 rings (SSSR count). The molecule has 0 aromatic heterocycles. The van der Waals surface area contributed by atoms with Gasteiger partial charge in [-0.25, -0.2) is 4.79 Å². The van der Waals surface area contributed by atoms with Crippen molar-refractivity contribution < 1.29 is 28.5 Å². The lowest BCUT2D eigenvalue weighted by Gasteiger charge is -2.31. The van der Waals surface area contributed by atoms with E-state index in [4.69, 9.17) is 18.9 Å². The van der Waals surface area contributed by atoms with Crippen molar-refractivity contribution in [3.8, 4) is 11.5 Å². The van der Waals surface area contributed by atoms with E-state index < -0.39 is 18.5 Å². The van der Waals surface area contributed by atoms with E-state index in [1.54, 1.807) is 12.1 Å². The molecule has 8 heteroatoms. The third kappa shape index (κ3) is 7.25. The molecule has 1 aliphatic rings. The Bertz CT molecular complexity index is 997. The Labute approximate surface area is 200 Å². The number of hydrogen-bond donors (Lipinski definition) is 1. The summed E-state index contributed by atoms with van der Waals surface area (Å²) in [5, 5.41) is 2.77. The highest BCUT2D eigenvalue weighted by Gasteiger charge is 2.20. The minimum absolute atomic E-state index is 0.419. The maximum absolute atomic E-state index is 12.5. The van der Waals surface area contributed by atoms with Crippen molar-refractivity contribution >= 4 is 29.3 Å². The summed E-state index contributed by atoms with van der Waals surface area (Å²) in [5.41, 5.74) is 3.35. The molecule has 0 spiro atoms. The molecule has 0 saturated carbocycles. The Balaban J connectivity index is 1.66. The molecule has 0 atom stereocenters. The maximum Gasteiger partial charge on any atom is 0.331 e. The lowest BCUT2D eigenvalue weighted by Crippen LogP contribution is -2.36. The number of carbonyl (C=O) groups excluding carboxylic acids is 2. The number of aryl methyl sites for hydroxylation is 1. The van der Waals surface area contributed by atoms with Gasteiger partial charge in [0, 0.05) is 31.3 Å². The van der Waals surface area contributed by atoms with Crippen molar-refractivity contribution in [1.82, 2.24) is 0 Å². The molecule has 0 bridgehead atoms. The summed E-state index contributed by atoms with van der Waals surface area (Å²) in [6.45, 7) is 9.01. The molecule has 0 aliphatic carbocycles. The number of nitrogens with one attached hydrogen (secondary N) is 1. The molecule has 2 aromatic rings. The highest BCUT2D eigenvalue weighted by Crippen LogP contribution is 2.39. The van der Waals surface area contributed by atoms with E-state index in [1.165, 1.54) is 6.08 Å². The molecule has 0 unspecified atom stereocenters. The minimum atomic E-state index is -0.599. The fourth-order valence-electron chi connectivity index (χ4n) is 3.46. The average Bonchev–Trinajstić information content (AvgIpc) is 2.84. The van der Waals surface area contributed by atoms with Gasteiger partial charge in [0.25, 0.3) is 5.91 Å². The van der Waals surface area contributed by atoms with Gasteiger partial charge in [0.05, 0.1) is 37.8 Å². The first-order chi connectivity index (χ1) is 16.5. The highest BCUT2D eigenvalue weighted by molar-refractivity contribution is 5.96. The van der Waals surface area contributed by atoms with Crippen molar-refractivity contribution in [3.63, 3.8) is 0 Å². The van der Waals surface area contributed by atoms with Crippen molar-refractivity contribution in [2.24, 2.45) is 0 Å². The summed E-state index contributed by atoms with van der Waals surface area (Å²) >= 11 is 0. The maximum atomic E-state index is 12.5. The van der Waals surface area contributed by atoms with Crippen LogP contribution in [-0.2, 0) is 19.1 Å². The molecule has 0 radical (unpaired) electrons. The van der Waals surface area contributed by atoms with Crippen LogP contribution in [0, 0.1) is 6.92 Å². The van der Waals surface area contributed by atoms with Gasteiger partial charge in [-0.3, -0.25) is 4.79 Å². The summed E-state index contributed by atoms with van der Waals surface area (Å²) in [4.78, 5) is 26.7. The fourth-order valence-corrected chi connectivity index (χ4v) is 3.46. The first-order valence-electron chi connectivity index (χ1n) is 11.5. The summed E-state index contributed by atoms with van der Waals surface area (Å²) < 4.78 is 22.2. The average molecular weight is 469 g/mol. The zero-order chi connectivity index (χ0) is 24.3. The molecule has 2 aromatic carbocycles. The van der Waals surface area contributed by atoms with E-state index in [0.29, 0.717) is 43.6 Å². The van der Waals surface area contributed by atoms with Crippen LogP contribution in [0.4, 0.5) is 11.4 Å². The van der Waals surface area contributed by atoms with E-state index in [-0.39, 0.29) is 0 Å². The first-order valence-corrected chi connectivity index (χ1v) is 11.5. The van der Waals surface area contributed by atoms with Crippen LogP contribution in [0.3, 0.4) is 0 Å². The Morgan fingerprint density at radius 2 is 1.71 bits per heavy atom. The van der Waals surface area contributed by atoms with Gasteiger partial charge in [-0.05, 0) is 32.4 Å². The van der Waals surface area contributed by atoms with Crippen molar-refractivity contribution in [1.29, 1.82) is 0 Å². The minimum Gasteiger partial charge on any atom is -0.492 e. The van der Waals surface area contributed by atoms with Gasteiger partial charge in [-0.1, -0.05) is 29.8 Å². The van der Waals surface area contributed by atoms with Crippen LogP contribution in [-0.4, -0.2) is 58.0 Å². The SMILES string of the molecule is CCOc1cc(N2CCOCC2)c(OCC)cc1NC(=O)COC(=O)/C=C/c1ccc(C)cc1. The number of anilines is 2. The Morgan fingerprint density at radius 1 is 1.03 bits per heavy atom. The summed E-state index contributed by atoms with van der Waals surface area (Å²) in [6, 6.07) is 11.3. The van der Waals surface area contributed by atoms with Gasteiger partial charge in [-0.2, -0.15) is 0 Å². The van der Waals surface area contributed by atoms with Crippen LogP contribution in [0.25, 0.3) is 6.08 Å². The summed E-state index contributed by atoms with van der Waals surface area (Å²) in [6.07, 6.45) is 2.94. The first kappa shape index (κ1) is 25.1. The second-order valence-electron chi connectivity index (χ2n) is 7.68. The predicted octanol–water partition coefficient (Wildman–Crippen LogP) is 3.82. The van der Waals surface area contributed by atoms with Crippen molar-refractivity contribution in [3.05, 3.63) is 53.6 Å². The smallest absolute Gasteiger partial charge is 0.331 e. The molecule has 182 valence electrons.